The van der Waals surface area contributed by atoms with E-state index in [1.165, 1.54) is 0 Å². The molecule has 0 spiro atoms. The molecule has 0 aliphatic heterocycles. The summed E-state index contributed by atoms with van der Waals surface area (Å²) in [6, 6.07) is 8.18. The maximum atomic E-state index is 11.7. The molecule has 0 saturated heterocycles. The highest BCUT2D eigenvalue weighted by molar-refractivity contribution is 9.10. The monoisotopic (exact) mass is 312 g/mol. The van der Waals surface area contributed by atoms with Crippen LogP contribution in [0.1, 0.15) is 44.7 Å². The lowest BCUT2D eigenvalue weighted by atomic mass is 10.1. The average Bonchev–Trinajstić information content (AvgIpc) is 2.28. The maximum Gasteiger partial charge on any atom is 0.220 e. The Labute approximate surface area is 117 Å². The smallest absolute Gasteiger partial charge is 0.220 e. The first kappa shape index (κ1) is 15.2. The molecule has 0 fully saturated rings. The third-order valence-corrected chi connectivity index (χ3v) is 3.28. The lowest BCUT2D eigenvalue weighted by Gasteiger charge is -2.15. The van der Waals surface area contributed by atoms with Crippen LogP contribution in [0.15, 0.2) is 28.7 Å². The molecule has 3 N–H and O–H groups in total. The summed E-state index contributed by atoms with van der Waals surface area (Å²) in [4.78, 5) is 11.7. The predicted molar refractivity (Wildman–Crippen MR) is 78.2 cm³/mol. The number of rotatable bonds is 6. The van der Waals surface area contributed by atoms with E-state index >= 15 is 0 Å². The normalized spacial score (nSPS) is 14.0. The molecule has 1 aromatic carbocycles. The van der Waals surface area contributed by atoms with Gasteiger partial charge in [-0.1, -0.05) is 28.1 Å². The Morgan fingerprint density at radius 1 is 1.44 bits per heavy atom. The summed E-state index contributed by atoms with van der Waals surface area (Å²) in [6.45, 7) is 3.95. The van der Waals surface area contributed by atoms with Gasteiger partial charge in [-0.25, -0.2) is 0 Å². The minimum absolute atomic E-state index is 0.0327. The van der Waals surface area contributed by atoms with Crippen molar-refractivity contribution in [2.45, 2.75) is 45.2 Å². The summed E-state index contributed by atoms with van der Waals surface area (Å²) >= 11 is 3.43. The van der Waals surface area contributed by atoms with Crippen molar-refractivity contribution < 1.29 is 4.79 Å². The number of benzene rings is 1. The highest BCUT2D eigenvalue weighted by Gasteiger charge is 2.09. The van der Waals surface area contributed by atoms with E-state index in [-0.39, 0.29) is 18.0 Å². The molecule has 0 heterocycles. The number of nitrogens with two attached hydrogens (primary N) is 1. The van der Waals surface area contributed by atoms with Gasteiger partial charge in [0.25, 0.3) is 0 Å². The lowest BCUT2D eigenvalue weighted by molar-refractivity contribution is -0.121. The molecule has 1 rings (SSSR count). The van der Waals surface area contributed by atoms with Crippen molar-refractivity contribution in [2.24, 2.45) is 5.73 Å². The van der Waals surface area contributed by atoms with Gasteiger partial charge < -0.3 is 11.1 Å². The number of hydrogen-bond acceptors (Lipinski definition) is 2. The summed E-state index contributed by atoms with van der Waals surface area (Å²) < 4.78 is 1.03. The first-order valence-electron chi connectivity index (χ1n) is 6.29. The SMILES string of the molecule is CC(N)CCCC(=O)N[C@H](C)c1cccc(Br)c1. The molecular weight excluding hydrogens is 292 g/mol. The van der Waals surface area contributed by atoms with Gasteiger partial charge in [-0.15, -0.1) is 0 Å². The van der Waals surface area contributed by atoms with Crippen LogP contribution < -0.4 is 11.1 Å². The first-order valence-corrected chi connectivity index (χ1v) is 7.08. The Morgan fingerprint density at radius 3 is 2.78 bits per heavy atom. The van der Waals surface area contributed by atoms with Crippen LogP contribution in [0.25, 0.3) is 0 Å². The quantitative estimate of drug-likeness (QED) is 0.847. The van der Waals surface area contributed by atoms with Gasteiger partial charge in [0.1, 0.15) is 0 Å². The molecule has 2 atom stereocenters. The van der Waals surface area contributed by atoms with Crippen molar-refractivity contribution in [3.63, 3.8) is 0 Å². The Balaban J connectivity index is 2.40. The molecule has 0 radical (unpaired) electrons. The van der Waals surface area contributed by atoms with Crippen molar-refractivity contribution in [3.05, 3.63) is 34.3 Å². The molecule has 1 unspecified atom stereocenters. The van der Waals surface area contributed by atoms with Crippen LogP contribution in [0.3, 0.4) is 0 Å². The Kier molecular flexibility index (Phi) is 6.36. The van der Waals surface area contributed by atoms with E-state index in [4.69, 9.17) is 5.73 Å². The number of carbonyl (C=O) groups excluding carboxylic acids is 1. The molecule has 1 aromatic rings. The van der Waals surface area contributed by atoms with Gasteiger partial charge in [-0.05, 0) is 44.4 Å². The van der Waals surface area contributed by atoms with Crippen molar-refractivity contribution in [2.75, 3.05) is 0 Å². The molecule has 0 saturated carbocycles. The summed E-state index contributed by atoms with van der Waals surface area (Å²) in [5.41, 5.74) is 6.75. The van der Waals surface area contributed by atoms with Gasteiger partial charge in [-0.2, -0.15) is 0 Å². The number of hydrogen-bond donors (Lipinski definition) is 2. The van der Waals surface area contributed by atoms with Crippen LogP contribution in [0.2, 0.25) is 0 Å². The molecule has 0 aliphatic rings. The van der Waals surface area contributed by atoms with E-state index in [2.05, 4.69) is 21.2 Å². The van der Waals surface area contributed by atoms with Crippen LogP contribution in [0.4, 0.5) is 0 Å². The Morgan fingerprint density at radius 2 is 2.17 bits per heavy atom. The minimum Gasteiger partial charge on any atom is -0.350 e. The number of nitrogens with one attached hydrogen (secondary N) is 1. The molecule has 0 aliphatic carbocycles. The first-order chi connectivity index (χ1) is 8.49. The fourth-order valence-electron chi connectivity index (χ4n) is 1.76. The Hall–Kier alpha value is -0.870. The zero-order valence-electron chi connectivity index (χ0n) is 10.9. The lowest BCUT2D eigenvalue weighted by Crippen LogP contribution is -2.26. The van der Waals surface area contributed by atoms with E-state index in [9.17, 15) is 4.79 Å². The summed E-state index contributed by atoms with van der Waals surface area (Å²) in [5.74, 6) is 0.0862. The molecule has 0 bridgehead atoms. The zero-order valence-corrected chi connectivity index (χ0v) is 12.5. The second-order valence-corrected chi connectivity index (χ2v) is 5.63. The molecule has 0 aromatic heterocycles. The molecule has 100 valence electrons. The van der Waals surface area contributed by atoms with Gasteiger partial charge in [-0.3, -0.25) is 4.79 Å². The highest BCUT2D eigenvalue weighted by Crippen LogP contribution is 2.17. The van der Waals surface area contributed by atoms with E-state index < -0.39 is 0 Å². The fraction of sp³-hybridized carbons (Fsp3) is 0.500. The van der Waals surface area contributed by atoms with Gasteiger partial charge in [0.15, 0.2) is 0 Å². The van der Waals surface area contributed by atoms with E-state index in [1.807, 2.05) is 38.1 Å². The van der Waals surface area contributed by atoms with Gasteiger partial charge in [0.2, 0.25) is 5.91 Å². The highest BCUT2D eigenvalue weighted by atomic mass is 79.9. The van der Waals surface area contributed by atoms with Crippen LogP contribution in [-0.2, 0) is 4.79 Å². The van der Waals surface area contributed by atoms with Crippen molar-refractivity contribution in [1.29, 1.82) is 0 Å². The second-order valence-electron chi connectivity index (χ2n) is 4.71. The van der Waals surface area contributed by atoms with E-state index in [1.54, 1.807) is 0 Å². The van der Waals surface area contributed by atoms with Gasteiger partial charge in [0, 0.05) is 16.9 Å². The van der Waals surface area contributed by atoms with Crippen LogP contribution in [0, 0.1) is 0 Å². The average molecular weight is 313 g/mol. The molecule has 18 heavy (non-hydrogen) atoms. The summed E-state index contributed by atoms with van der Waals surface area (Å²) in [7, 11) is 0. The van der Waals surface area contributed by atoms with Crippen LogP contribution in [-0.4, -0.2) is 11.9 Å². The minimum atomic E-state index is 0.0327. The topological polar surface area (TPSA) is 55.1 Å². The second kappa shape index (κ2) is 7.54. The van der Waals surface area contributed by atoms with Crippen molar-refractivity contribution in [3.8, 4) is 0 Å². The van der Waals surface area contributed by atoms with Crippen molar-refractivity contribution >= 4 is 21.8 Å². The van der Waals surface area contributed by atoms with Gasteiger partial charge in [0.05, 0.1) is 6.04 Å². The third kappa shape index (κ3) is 5.65. The molecule has 4 heteroatoms. The third-order valence-electron chi connectivity index (χ3n) is 2.79. The van der Waals surface area contributed by atoms with Crippen LogP contribution >= 0.6 is 15.9 Å². The maximum absolute atomic E-state index is 11.7. The van der Waals surface area contributed by atoms with Crippen molar-refractivity contribution in [1.82, 2.24) is 5.32 Å². The predicted octanol–water partition coefficient (Wildman–Crippen LogP) is 3.14. The van der Waals surface area contributed by atoms with E-state index in [0.717, 1.165) is 22.9 Å². The molecular formula is C14H21BrN2O. The van der Waals surface area contributed by atoms with Gasteiger partial charge >= 0.3 is 0 Å². The number of halogens is 1. The standard InChI is InChI=1S/C14H21BrN2O/c1-10(16)5-3-8-14(18)17-11(2)12-6-4-7-13(15)9-12/h4,6-7,9-11H,3,5,8,16H2,1-2H3,(H,17,18)/t10?,11-/m1/s1. The fourth-order valence-corrected chi connectivity index (χ4v) is 2.17. The van der Waals surface area contributed by atoms with Crippen LogP contribution in [0.5, 0.6) is 0 Å². The summed E-state index contributed by atoms with van der Waals surface area (Å²) in [5, 5.41) is 3.00. The largest absolute Gasteiger partial charge is 0.350 e. The summed E-state index contributed by atoms with van der Waals surface area (Å²) in [6.07, 6.45) is 2.27. The molecule has 3 nitrogen and oxygen atoms in total. The Bertz CT molecular complexity index is 393. The number of amides is 1. The number of carbonyl (C=O) groups is 1. The zero-order chi connectivity index (χ0) is 13.5. The van der Waals surface area contributed by atoms with E-state index in [0.29, 0.717) is 6.42 Å². The molecule has 1 amide bonds.